The lowest BCUT2D eigenvalue weighted by Crippen LogP contribution is -2.15. The quantitative estimate of drug-likeness (QED) is 0.514. The van der Waals surface area contributed by atoms with Crippen LogP contribution in [-0.4, -0.2) is 42.0 Å². The fourth-order valence-electron chi connectivity index (χ4n) is 2.51. The number of rotatable bonds is 8. The summed E-state index contributed by atoms with van der Waals surface area (Å²) in [5, 5.41) is 13.6. The lowest BCUT2D eigenvalue weighted by molar-refractivity contribution is -0.113. The molecule has 2 amide bonds. The van der Waals surface area contributed by atoms with Crippen LogP contribution in [0.25, 0.3) is 0 Å². The summed E-state index contributed by atoms with van der Waals surface area (Å²) in [4.78, 5) is 24.3. The Morgan fingerprint density at radius 3 is 2.29 bits per heavy atom. The SMILES string of the molecule is COc1cc(NC(=O)CSc2ccc(NC(=O)c3ccccc3F)nn2)cc(OC)c1. The van der Waals surface area contributed by atoms with Gasteiger partial charge in [0.1, 0.15) is 22.3 Å². The van der Waals surface area contributed by atoms with E-state index in [2.05, 4.69) is 20.8 Å². The van der Waals surface area contributed by atoms with E-state index in [4.69, 9.17) is 9.47 Å². The zero-order chi connectivity index (χ0) is 22.2. The predicted octanol–water partition coefficient (Wildman–Crippen LogP) is 3.62. The average Bonchev–Trinajstić information content (AvgIpc) is 2.78. The van der Waals surface area contributed by atoms with Crippen LogP contribution in [0.2, 0.25) is 0 Å². The number of aromatic nitrogens is 2. The molecule has 2 aromatic carbocycles. The first kappa shape index (κ1) is 22.0. The maximum absolute atomic E-state index is 13.7. The minimum Gasteiger partial charge on any atom is -0.497 e. The summed E-state index contributed by atoms with van der Waals surface area (Å²) in [5.41, 5.74) is 0.452. The van der Waals surface area contributed by atoms with Crippen molar-refractivity contribution in [2.75, 3.05) is 30.6 Å². The predicted molar refractivity (Wildman–Crippen MR) is 115 cm³/mol. The largest absolute Gasteiger partial charge is 0.497 e. The topological polar surface area (TPSA) is 102 Å². The van der Waals surface area contributed by atoms with Gasteiger partial charge in [-0.1, -0.05) is 23.9 Å². The van der Waals surface area contributed by atoms with Crippen LogP contribution >= 0.6 is 11.8 Å². The van der Waals surface area contributed by atoms with Crippen molar-refractivity contribution in [1.29, 1.82) is 0 Å². The molecule has 31 heavy (non-hydrogen) atoms. The highest BCUT2D eigenvalue weighted by Crippen LogP contribution is 2.26. The minimum absolute atomic E-state index is 0.0893. The molecule has 0 atom stereocenters. The van der Waals surface area contributed by atoms with E-state index in [1.165, 1.54) is 50.2 Å². The van der Waals surface area contributed by atoms with Gasteiger partial charge in [0.15, 0.2) is 5.82 Å². The van der Waals surface area contributed by atoms with E-state index in [0.717, 1.165) is 0 Å². The van der Waals surface area contributed by atoms with Gasteiger partial charge >= 0.3 is 0 Å². The monoisotopic (exact) mass is 442 g/mol. The van der Waals surface area contributed by atoms with Gasteiger partial charge in [0.2, 0.25) is 5.91 Å². The maximum Gasteiger partial charge on any atom is 0.259 e. The van der Waals surface area contributed by atoms with Crippen LogP contribution < -0.4 is 20.1 Å². The lowest BCUT2D eigenvalue weighted by atomic mass is 10.2. The number of anilines is 2. The van der Waals surface area contributed by atoms with Crippen molar-refractivity contribution >= 4 is 35.1 Å². The molecule has 0 bridgehead atoms. The number of benzene rings is 2. The van der Waals surface area contributed by atoms with E-state index in [-0.39, 0.29) is 23.0 Å². The van der Waals surface area contributed by atoms with Crippen molar-refractivity contribution < 1.29 is 23.5 Å². The molecule has 0 unspecified atom stereocenters. The summed E-state index contributed by atoms with van der Waals surface area (Å²) < 4.78 is 24.0. The molecule has 0 fully saturated rings. The molecule has 0 aliphatic heterocycles. The van der Waals surface area contributed by atoms with E-state index in [1.54, 1.807) is 30.3 Å². The van der Waals surface area contributed by atoms with E-state index in [1.807, 2.05) is 0 Å². The Hall–Kier alpha value is -3.66. The summed E-state index contributed by atoms with van der Waals surface area (Å²) in [5.74, 6) is -0.123. The first-order valence-corrected chi connectivity index (χ1v) is 10.0. The van der Waals surface area contributed by atoms with Crippen LogP contribution in [0.4, 0.5) is 15.9 Å². The molecule has 0 radical (unpaired) electrons. The number of nitrogens with zero attached hydrogens (tertiary/aromatic N) is 2. The molecule has 3 rings (SSSR count). The molecule has 8 nitrogen and oxygen atoms in total. The molecule has 3 aromatic rings. The highest BCUT2D eigenvalue weighted by atomic mass is 32.2. The molecule has 1 aromatic heterocycles. The molecule has 0 spiro atoms. The lowest BCUT2D eigenvalue weighted by Gasteiger charge is -2.09. The first-order valence-electron chi connectivity index (χ1n) is 9.04. The van der Waals surface area contributed by atoms with Crippen LogP contribution in [0.3, 0.4) is 0 Å². The van der Waals surface area contributed by atoms with E-state index >= 15 is 0 Å². The molecule has 0 aliphatic carbocycles. The van der Waals surface area contributed by atoms with Gasteiger partial charge in [0.25, 0.3) is 5.91 Å². The van der Waals surface area contributed by atoms with Crippen molar-refractivity contribution in [3.8, 4) is 11.5 Å². The van der Waals surface area contributed by atoms with E-state index < -0.39 is 11.7 Å². The summed E-state index contributed by atoms with van der Waals surface area (Å²) >= 11 is 1.17. The van der Waals surface area contributed by atoms with Crippen molar-refractivity contribution in [3.05, 3.63) is 66.0 Å². The van der Waals surface area contributed by atoms with Crippen LogP contribution in [0.5, 0.6) is 11.5 Å². The summed E-state index contributed by atoms with van der Waals surface area (Å²) in [6.07, 6.45) is 0. The molecule has 0 saturated heterocycles. The number of carbonyl (C=O) groups is 2. The number of amides is 2. The van der Waals surface area contributed by atoms with Gasteiger partial charge in [-0.25, -0.2) is 4.39 Å². The number of ether oxygens (including phenoxy) is 2. The van der Waals surface area contributed by atoms with E-state index in [9.17, 15) is 14.0 Å². The number of carbonyl (C=O) groups excluding carboxylic acids is 2. The van der Waals surface area contributed by atoms with Crippen molar-refractivity contribution in [3.63, 3.8) is 0 Å². The first-order chi connectivity index (χ1) is 15.0. The fourth-order valence-corrected chi connectivity index (χ4v) is 3.12. The van der Waals surface area contributed by atoms with Crippen molar-refractivity contribution in [2.24, 2.45) is 0 Å². The number of hydrogen-bond donors (Lipinski definition) is 2. The second kappa shape index (κ2) is 10.4. The summed E-state index contributed by atoms with van der Waals surface area (Å²) in [6, 6.07) is 13.8. The highest BCUT2D eigenvalue weighted by molar-refractivity contribution is 7.99. The molecule has 1 heterocycles. The number of nitrogens with one attached hydrogen (secondary N) is 2. The van der Waals surface area contributed by atoms with E-state index in [0.29, 0.717) is 22.2 Å². The zero-order valence-corrected chi connectivity index (χ0v) is 17.5. The second-order valence-corrected chi connectivity index (χ2v) is 7.12. The Kier molecular flexibility index (Phi) is 7.39. The molecular weight excluding hydrogens is 423 g/mol. The molecule has 10 heteroatoms. The average molecular weight is 442 g/mol. The molecular formula is C21H19FN4O4S. The Morgan fingerprint density at radius 1 is 0.968 bits per heavy atom. The molecule has 0 saturated carbocycles. The third-order valence-electron chi connectivity index (χ3n) is 3.99. The van der Waals surface area contributed by atoms with Gasteiger partial charge in [-0.15, -0.1) is 10.2 Å². The normalized spacial score (nSPS) is 10.3. The molecule has 0 aliphatic rings. The highest BCUT2D eigenvalue weighted by Gasteiger charge is 2.12. The number of hydrogen-bond acceptors (Lipinski definition) is 7. The van der Waals surface area contributed by atoms with Crippen molar-refractivity contribution in [2.45, 2.75) is 5.03 Å². The maximum atomic E-state index is 13.7. The summed E-state index contributed by atoms with van der Waals surface area (Å²) in [6.45, 7) is 0. The van der Waals surface area contributed by atoms with Gasteiger partial charge in [-0.2, -0.15) is 0 Å². The van der Waals surface area contributed by atoms with Crippen LogP contribution in [0.1, 0.15) is 10.4 Å². The Morgan fingerprint density at radius 2 is 1.68 bits per heavy atom. The second-order valence-electron chi connectivity index (χ2n) is 6.13. The number of halogens is 1. The molecule has 2 N–H and O–H groups in total. The smallest absolute Gasteiger partial charge is 0.259 e. The minimum atomic E-state index is -0.625. The van der Waals surface area contributed by atoms with Crippen LogP contribution in [-0.2, 0) is 4.79 Å². The number of methoxy groups -OCH3 is 2. The number of thioether (sulfide) groups is 1. The van der Waals surface area contributed by atoms with Gasteiger partial charge < -0.3 is 20.1 Å². The molecule has 160 valence electrons. The fraction of sp³-hybridized carbons (Fsp3) is 0.143. The standard InChI is InChI=1S/C21H19FN4O4S/c1-29-14-9-13(10-15(11-14)30-2)23-19(27)12-31-20-8-7-18(25-26-20)24-21(28)16-5-3-4-6-17(16)22/h3-11H,12H2,1-2H3,(H,23,27)(H,24,25,28). The third-order valence-corrected chi connectivity index (χ3v) is 4.91. The van der Waals surface area contributed by atoms with Crippen LogP contribution in [0, 0.1) is 5.82 Å². The Bertz CT molecular complexity index is 1060. The van der Waals surface area contributed by atoms with Crippen LogP contribution in [0.15, 0.2) is 59.6 Å². The van der Waals surface area contributed by atoms with Gasteiger partial charge in [0.05, 0.1) is 25.5 Å². The summed E-state index contributed by atoms with van der Waals surface area (Å²) in [7, 11) is 3.05. The Labute approximate surface area is 182 Å². The van der Waals surface area contributed by atoms with Gasteiger partial charge in [-0.3, -0.25) is 9.59 Å². The van der Waals surface area contributed by atoms with Gasteiger partial charge in [0, 0.05) is 23.9 Å². The van der Waals surface area contributed by atoms with Gasteiger partial charge in [-0.05, 0) is 24.3 Å². The third kappa shape index (κ3) is 6.16. The Balaban J connectivity index is 1.54. The zero-order valence-electron chi connectivity index (χ0n) is 16.7. The van der Waals surface area contributed by atoms with Crippen molar-refractivity contribution in [1.82, 2.24) is 10.2 Å².